The van der Waals surface area contributed by atoms with E-state index in [1.807, 2.05) is 0 Å². The number of aliphatic hydroxyl groups excluding tert-OH is 1. The Bertz CT molecular complexity index is 1060. The molecule has 6 aliphatic rings. The van der Waals surface area contributed by atoms with E-state index in [0.717, 1.165) is 32.1 Å². The van der Waals surface area contributed by atoms with E-state index in [2.05, 4.69) is 65.8 Å². The van der Waals surface area contributed by atoms with E-state index in [1.54, 1.807) is 0 Å². The van der Waals surface area contributed by atoms with Gasteiger partial charge in [-0.15, -0.1) is 0 Å². The van der Waals surface area contributed by atoms with Gasteiger partial charge in [-0.3, -0.25) is 4.79 Å². The number of rotatable bonds is 2. The quantitative estimate of drug-likeness (QED) is 0.418. The van der Waals surface area contributed by atoms with Crippen LogP contribution in [0.3, 0.4) is 0 Å². The fourth-order valence-corrected chi connectivity index (χ4v) is 11.7. The van der Waals surface area contributed by atoms with Crippen molar-refractivity contribution in [3.8, 4) is 0 Å². The van der Waals surface area contributed by atoms with E-state index >= 15 is 0 Å². The number of carbonyl (C=O) groups is 1. The number of hydrogen-bond donors (Lipinski definition) is 2. The first-order valence-corrected chi connectivity index (χ1v) is 14.8. The standard InChI is InChI=1S/C33H48O3/c1-20-22(19-21-7-8-21)11-16-33(28(35)36)18-17-31(5)23(27(20)33)9-10-25-30(4)14-13-26(34)29(2,3)24(30)12-15-32(25,31)6/h7-8,11,19-20,23-27,34H,9-10,12-18H2,1-6H3,(H,35,36)/t20-,23-,24+,25-,26+,27-,30+,31-,32-,33+/m1/s1. The van der Waals surface area contributed by atoms with Crippen LogP contribution in [-0.2, 0) is 4.79 Å². The number of aliphatic carboxylic acids is 1. The summed E-state index contributed by atoms with van der Waals surface area (Å²) in [5, 5.41) is 21.6. The van der Waals surface area contributed by atoms with Gasteiger partial charge in [-0.1, -0.05) is 65.8 Å². The van der Waals surface area contributed by atoms with Crippen LogP contribution < -0.4 is 0 Å². The highest BCUT2D eigenvalue weighted by Gasteiger charge is 2.71. The Labute approximate surface area is 218 Å². The van der Waals surface area contributed by atoms with Crippen molar-refractivity contribution < 1.29 is 15.0 Å². The van der Waals surface area contributed by atoms with E-state index in [1.165, 1.54) is 30.4 Å². The summed E-state index contributed by atoms with van der Waals surface area (Å²) in [6.45, 7) is 14.7. The maximum absolute atomic E-state index is 13.0. The highest BCUT2D eigenvalue weighted by Crippen LogP contribution is 2.76. The van der Waals surface area contributed by atoms with Gasteiger partial charge in [0.05, 0.1) is 11.5 Å². The molecule has 10 atom stereocenters. The molecule has 3 heteroatoms. The van der Waals surface area contributed by atoms with Crippen molar-refractivity contribution in [1.82, 2.24) is 0 Å². The van der Waals surface area contributed by atoms with Gasteiger partial charge >= 0.3 is 5.97 Å². The van der Waals surface area contributed by atoms with Crippen molar-refractivity contribution in [3.63, 3.8) is 0 Å². The molecule has 6 aliphatic carbocycles. The molecule has 4 fully saturated rings. The largest absolute Gasteiger partial charge is 0.481 e. The number of carboxylic acid groups (broad SMARTS) is 1. The Balaban J connectivity index is 1.40. The average Bonchev–Trinajstić information content (AvgIpc) is 3.63. The molecule has 198 valence electrons. The third-order valence-electron chi connectivity index (χ3n) is 14.0. The van der Waals surface area contributed by atoms with E-state index in [4.69, 9.17) is 0 Å². The monoisotopic (exact) mass is 492 g/mol. The van der Waals surface area contributed by atoms with Gasteiger partial charge in [0, 0.05) is 0 Å². The third kappa shape index (κ3) is 2.99. The van der Waals surface area contributed by atoms with E-state index in [-0.39, 0.29) is 39.6 Å². The van der Waals surface area contributed by atoms with Crippen molar-refractivity contribution in [2.45, 2.75) is 105 Å². The minimum Gasteiger partial charge on any atom is -0.481 e. The van der Waals surface area contributed by atoms with Crippen molar-refractivity contribution in [2.75, 3.05) is 0 Å². The van der Waals surface area contributed by atoms with Crippen molar-refractivity contribution in [2.24, 2.45) is 56.7 Å². The minimum atomic E-state index is -0.607. The zero-order valence-corrected chi connectivity index (χ0v) is 23.4. The van der Waals surface area contributed by atoms with Gasteiger partial charge in [-0.2, -0.15) is 0 Å². The normalized spacial score (nSPS) is 52.8. The molecule has 3 nitrogen and oxygen atoms in total. The molecule has 0 radical (unpaired) electrons. The summed E-state index contributed by atoms with van der Waals surface area (Å²) in [5.74, 6) is 1.60. The van der Waals surface area contributed by atoms with Crippen molar-refractivity contribution in [3.05, 3.63) is 35.5 Å². The number of hydrogen-bond acceptors (Lipinski definition) is 2. The lowest BCUT2D eigenvalue weighted by atomic mass is 9.31. The molecule has 0 aromatic carbocycles. The second-order valence-corrected chi connectivity index (χ2v) is 15.2. The molecule has 6 rings (SSSR count). The SMILES string of the molecule is C[C@@H]1C(C=C2C=C2)=CC[C@]2(C(=O)O)CC[C@]3(C)[C@H](CC[C@@H]4[C@@]5(C)CC[C@H](O)C(C)(C)[C@@H]5CC[C@]43C)[C@@H]12. The molecule has 0 amide bonds. The number of carboxylic acids is 1. The number of aliphatic hydroxyl groups is 1. The second-order valence-electron chi connectivity index (χ2n) is 15.2. The van der Waals surface area contributed by atoms with Gasteiger partial charge in [0.1, 0.15) is 0 Å². The van der Waals surface area contributed by atoms with E-state index < -0.39 is 11.4 Å². The number of fused-ring (bicyclic) bond motifs is 7. The van der Waals surface area contributed by atoms with Crippen LogP contribution in [0.25, 0.3) is 0 Å². The van der Waals surface area contributed by atoms with Gasteiger partial charge in [0.25, 0.3) is 0 Å². The van der Waals surface area contributed by atoms with Crippen LogP contribution in [0.15, 0.2) is 35.5 Å². The molecule has 0 saturated heterocycles. The summed E-state index contributed by atoms with van der Waals surface area (Å²) in [7, 11) is 0. The fourth-order valence-electron chi connectivity index (χ4n) is 11.7. The molecule has 36 heavy (non-hydrogen) atoms. The Morgan fingerprint density at radius 1 is 0.917 bits per heavy atom. The summed E-state index contributed by atoms with van der Waals surface area (Å²) >= 11 is 0. The van der Waals surface area contributed by atoms with E-state index in [9.17, 15) is 15.0 Å². The van der Waals surface area contributed by atoms with Gasteiger partial charge in [-0.05, 0) is 120 Å². The van der Waals surface area contributed by atoms with Crippen LogP contribution in [0.4, 0.5) is 0 Å². The van der Waals surface area contributed by atoms with Gasteiger partial charge < -0.3 is 10.2 Å². The van der Waals surface area contributed by atoms with Gasteiger partial charge in [0.2, 0.25) is 0 Å². The van der Waals surface area contributed by atoms with Crippen LogP contribution in [-0.4, -0.2) is 22.3 Å². The van der Waals surface area contributed by atoms with Crippen molar-refractivity contribution in [1.29, 1.82) is 0 Å². The molecule has 0 aromatic rings. The van der Waals surface area contributed by atoms with E-state index in [0.29, 0.717) is 24.2 Å². The third-order valence-corrected chi connectivity index (χ3v) is 14.0. The smallest absolute Gasteiger partial charge is 0.310 e. The topological polar surface area (TPSA) is 57.5 Å². The van der Waals surface area contributed by atoms with Crippen LogP contribution >= 0.6 is 0 Å². The summed E-state index contributed by atoms with van der Waals surface area (Å²) < 4.78 is 0. The Kier molecular flexibility index (Phi) is 5.28. The highest BCUT2D eigenvalue weighted by molar-refractivity contribution is 5.76. The molecular weight excluding hydrogens is 444 g/mol. The second kappa shape index (κ2) is 7.61. The van der Waals surface area contributed by atoms with Crippen LogP contribution in [0.2, 0.25) is 0 Å². The molecule has 0 bridgehead atoms. The predicted molar refractivity (Wildman–Crippen MR) is 144 cm³/mol. The van der Waals surface area contributed by atoms with Crippen LogP contribution in [0.5, 0.6) is 0 Å². The zero-order valence-electron chi connectivity index (χ0n) is 23.4. The Morgan fingerprint density at radius 2 is 1.64 bits per heavy atom. The Hall–Kier alpha value is -1.35. The summed E-state index contributed by atoms with van der Waals surface area (Å²) in [4.78, 5) is 13.0. The first-order chi connectivity index (χ1) is 16.8. The maximum Gasteiger partial charge on any atom is 0.310 e. The minimum absolute atomic E-state index is 0.0287. The van der Waals surface area contributed by atoms with Crippen molar-refractivity contribution >= 4 is 5.97 Å². The first-order valence-electron chi connectivity index (χ1n) is 14.8. The molecular formula is C33H48O3. The fraction of sp³-hybridized carbons (Fsp3) is 0.788. The molecule has 0 spiro atoms. The lowest BCUT2D eigenvalue weighted by molar-refractivity contribution is -0.252. The van der Waals surface area contributed by atoms with Crippen LogP contribution in [0, 0.1) is 56.7 Å². The predicted octanol–water partition coefficient (Wildman–Crippen LogP) is 7.57. The van der Waals surface area contributed by atoms with Crippen LogP contribution in [0.1, 0.15) is 99.3 Å². The average molecular weight is 493 g/mol. The molecule has 2 N–H and O–H groups in total. The summed E-state index contributed by atoms with van der Waals surface area (Å²) in [6, 6.07) is 0. The van der Waals surface area contributed by atoms with Gasteiger partial charge in [0.15, 0.2) is 0 Å². The molecule has 0 aromatic heterocycles. The molecule has 4 saturated carbocycles. The zero-order chi connectivity index (χ0) is 25.9. The maximum atomic E-state index is 13.0. The number of allylic oxidation sites excluding steroid dienone is 6. The molecule has 0 aliphatic heterocycles. The highest BCUT2D eigenvalue weighted by atomic mass is 16.4. The van der Waals surface area contributed by atoms with Gasteiger partial charge in [-0.25, -0.2) is 0 Å². The lowest BCUT2D eigenvalue weighted by Crippen LogP contribution is -2.67. The first kappa shape index (κ1) is 25.0. The summed E-state index contributed by atoms with van der Waals surface area (Å²) in [6.07, 6.45) is 18.1. The molecule has 0 heterocycles. The Morgan fingerprint density at radius 3 is 2.31 bits per heavy atom. The molecule has 0 unspecified atom stereocenters. The lowest BCUT2D eigenvalue weighted by Gasteiger charge is -2.73. The summed E-state index contributed by atoms with van der Waals surface area (Å²) in [5.41, 5.74) is 2.68.